The third kappa shape index (κ3) is 3.98. The summed E-state index contributed by atoms with van der Waals surface area (Å²) in [5.74, 6) is 0.922. The van der Waals surface area contributed by atoms with E-state index in [1.165, 1.54) is 39.0 Å². The van der Waals surface area contributed by atoms with E-state index in [-0.39, 0.29) is 17.9 Å². The van der Waals surface area contributed by atoms with Crippen LogP contribution in [0.2, 0.25) is 0 Å². The molecule has 3 heteroatoms. The maximum Gasteiger partial charge on any atom is 0.520 e. The Balaban J connectivity index is 1.52. The van der Waals surface area contributed by atoms with Crippen LogP contribution in [0.25, 0.3) is 23.6 Å². The first kappa shape index (κ1) is 22.6. The number of hydrogen-bond acceptors (Lipinski definition) is 2. The molecule has 0 saturated carbocycles. The van der Waals surface area contributed by atoms with Crippen molar-refractivity contribution in [3.05, 3.63) is 100 Å². The molecule has 5 rings (SSSR count). The van der Waals surface area contributed by atoms with Gasteiger partial charge in [-0.1, -0.05) is 108 Å². The Bertz CT molecular complexity index is 1290. The van der Waals surface area contributed by atoms with Gasteiger partial charge in [0, 0.05) is 16.7 Å². The van der Waals surface area contributed by atoms with Crippen LogP contribution in [-0.4, -0.2) is 18.9 Å². The standard InChI is InChI=1S/C31H34BNO/c1-30(2,3)25-15-11-21(12-16-25)27-19-23-9-8-10-24-20-28(34-32(29(23)24)33(27)7)22-13-17-26(18-14-22)31(4,5)6/h8-20H,1-7H3. The summed E-state index contributed by atoms with van der Waals surface area (Å²) in [6, 6.07) is 24.3. The van der Waals surface area contributed by atoms with Crippen molar-refractivity contribution in [2.75, 3.05) is 7.05 Å². The molecule has 0 unspecified atom stereocenters. The zero-order valence-electron chi connectivity index (χ0n) is 21.4. The summed E-state index contributed by atoms with van der Waals surface area (Å²) in [6.07, 6.45) is 4.48. The summed E-state index contributed by atoms with van der Waals surface area (Å²) >= 11 is 0. The minimum absolute atomic E-state index is 0.133. The molecule has 2 aliphatic heterocycles. The molecule has 0 spiro atoms. The zero-order valence-corrected chi connectivity index (χ0v) is 21.4. The average molecular weight is 447 g/mol. The normalized spacial score (nSPS) is 15.4. The number of hydrogen-bond donors (Lipinski definition) is 0. The topological polar surface area (TPSA) is 12.5 Å². The molecule has 2 heterocycles. The molecule has 3 aromatic rings. The third-order valence-corrected chi connectivity index (χ3v) is 7.05. The highest BCUT2D eigenvalue weighted by Gasteiger charge is 2.39. The number of nitrogens with zero attached hydrogens (tertiary/aromatic N) is 1. The minimum atomic E-state index is -0.157. The molecule has 0 saturated heterocycles. The lowest BCUT2D eigenvalue weighted by Gasteiger charge is -2.37. The Labute approximate surface area is 205 Å². The van der Waals surface area contributed by atoms with Crippen molar-refractivity contribution in [2.24, 2.45) is 0 Å². The van der Waals surface area contributed by atoms with Crippen molar-refractivity contribution in [1.82, 2.24) is 4.81 Å². The van der Waals surface area contributed by atoms with Crippen LogP contribution in [0.5, 0.6) is 0 Å². The van der Waals surface area contributed by atoms with E-state index in [4.69, 9.17) is 4.65 Å². The molecule has 0 fully saturated rings. The summed E-state index contributed by atoms with van der Waals surface area (Å²) in [6.45, 7) is 13.5. The molecular formula is C31H34BNO. The fourth-order valence-electron chi connectivity index (χ4n) is 4.85. The largest absolute Gasteiger partial charge is 0.537 e. The van der Waals surface area contributed by atoms with E-state index >= 15 is 0 Å². The van der Waals surface area contributed by atoms with E-state index in [1.54, 1.807) is 0 Å². The van der Waals surface area contributed by atoms with Crippen LogP contribution in [0.3, 0.4) is 0 Å². The van der Waals surface area contributed by atoms with Crippen LogP contribution in [0.1, 0.15) is 74.9 Å². The lowest BCUT2D eigenvalue weighted by molar-refractivity contribution is 0.476. The fourth-order valence-corrected chi connectivity index (χ4v) is 4.85. The van der Waals surface area contributed by atoms with Crippen LogP contribution in [-0.2, 0) is 15.5 Å². The Morgan fingerprint density at radius 1 is 0.647 bits per heavy atom. The van der Waals surface area contributed by atoms with Crippen molar-refractivity contribution in [1.29, 1.82) is 0 Å². The van der Waals surface area contributed by atoms with Gasteiger partial charge in [0.2, 0.25) is 0 Å². The molecule has 2 aliphatic rings. The monoisotopic (exact) mass is 447 g/mol. The van der Waals surface area contributed by atoms with Gasteiger partial charge < -0.3 is 9.47 Å². The Hall–Kier alpha value is -3.20. The molecule has 2 nitrogen and oxygen atoms in total. The van der Waals surface area contributed by atoms with Gasteiger partial charge in [0.25, 0.3) is 0 Å². The van der Waals surface area contributed by atoms with Gasteiger partial charge in [0.1, 0.15) is 5.76 Å². The first-order valence-corrected chi connectivity index (χ1v) is 12.2. The molecule has 0 amide bonds. The van der Waals surface area contributed by atoms with Crippen LogP contribution in [0.4, 0.5) is 0 Å². The number of rotatable bonds is 2. The van der Waals surface area contributed by atoms with E-state index in [2.05, 4.69) is 132 Å². The first-order valence-electron chi connectivity index (χ1n) is 12.2. The van der Waals surface area contributed by atoms with E-state index in [0.29, 0.717) is 0 Å². The van der Waals surface area contributed by atoms with Gasteiger partial charge in [-0.2, -0.15) is 0 Å². The van der Waals surface area contributed by atoms with Crippen molar-refractivity contribution in [3.8, 4) is 0 Å². The van der Waals surface area contributed by atoms with Crippen LogP contribution < -0.4 is 5.46 Å². The number of benzene rings is 3. The first-order chi connectivity index (χ1) is 16.0. The molecule has 0 aliphatic carbocycles. The minimum Gasteiger partial charge on any atom is -0.537 e. The zero-order chi connectivity index (χ0) is 24.3. The predicted octanol–water partition coefficient (Wildman–Crippen LogP) is 6.95. The van der Waals surface area contributed by atoms with Crippen LogP contribution in [0, 0.1) is 0 Å². The highest BCUT2D eigenvalue weighted by Crippen LogP contribution is 2.35. The van der Waals surface area contributed by atoms with E-state index < -0.39 is 0 Å². The van der Waals surface area contributed by atoms with Crippen LogP contribution >= 0.6 is 0 Å². The van der Waals surface area contributed by atoms with Crippen molar-refractivity contribution < 1.29 is 4.65 Å². The second kappa shape index (κ2) is 7.94. The summed E-state index contributed by atoms with van der Waals surface area (Å²) in [4.78, 5) is 2.27. The van der Waals surface area contributed by atoms with Crippen LogP contribution in [0.15, 0.2) is 66.7 Å². The fraction of sp³-hybridized carbons (Fsp3) is 0.290. The predicted molar refractivity (Wildman–Crippen MR) is 147 cm³/mol. The lowest BCUT2D eigenvalue weighted by Crippen LogP contribution is -2.52. The van der Waals surface area contributed by atoms with Gasteiger partial charge in [-0.25, -0.2) is 0 Å². The van der Waals surface area contributed by atoms with Gasteiger partial charge in [-0.15, -0.1) is 0 Å². The van der Waals surface area contributed by atoms with Crippen molar-refractivity contribution in [3.63, 3.8) is 0 Å². The third-order valence-electron chi connectivity index (χ3n) is 7.05. The molecule has 3 aromatic carbocycles. The lowest BCUT2D eigenvalue weighted by atomic mass is 9.62. The maximum absolute atomic E-state index is 6.69. The molecule has 0 N–H and O–H groups in total. The molecule has 0 atom stereocenters. The molecule has 172 valence electrons. The molecule has 0 aromatic heterocycles. The Kier molecular flexibility index (Phi) is 5.28. The average Bonchev–Trinajstić information content (AvgIpc) is 2.80. The smallest absolute Gasteiger partial charge is 0.520 e. The molecule has 34 heavy (non-hydrogen) atoms. The summed E-state index contributed by atoms with van der Waals surface area (Å²) in [7, 11) is 1.98. The highest BCUT2D eigenvalue weighted by atomic mass is 16.5. The summed E-state index contributed by atoms with van der Waals surface area (Å²) in [5.41, 5.74) is 10.2. The van der Waals surface area contributed by atoms with Crippen molar-refractivity contribution in [2.45, 2.75) is 52.4 Å². The van der Waals surface area contributed by atoms with E-state index in [9.17, 15) is 0 Å². The summed E-state index contributed by atoms with van der Waals surface area (Å²) < 4.78 is 6.69. The second-order valence-electron chi connectivity index (χ2n) is 11.6. The van der Waals surface area contributed by atoms with Gasteiger partial charge in [0.15, 0.2) is 0 Å². The Morgan fingerprint density at radius 3 is 1.68 bits per heavy atom. The van der Waals surface area contributed by atoms with Gasteiger partial charge in [-0.05, 0) is 57.8 Å². The highest BCUT2D eigenvalue weighted by molar-refractivity contribution is 6.70. The SMILES string of the molecule is CN1B2OC(c3ccc(C(C)(C)C)cc3)=Cc3cccc(c32)C=C1c1ccc(C(C)(C)C)cc1. The van der Waals surface area contributed by atoms with Gasteiger partial charge >= 0.3 is 7.05 Å². The molecular weight excluding hydrogens is 413 g/mol. The maximum atomic E-state index is 6.69. The Morgan fingerprint density at radius 2 is 1.15 bits per heavy atom. The second-order valence-corrected chi connectivity index (χ2v) is 11.6. The molecule has 0 bridgehead atoms. The van der Waals surface area contributed by atoms with Crippen molar-refractivity contribution >= 4 is 36.1 Å². The summed E-state index contributed by atoms with van der Waals surface area (Å²) in [5, 5.41) is 0. The molecule has 0 radical (unpaired) electrons. The van der Waals surface area contributed by atoms with E-state index in [0.717, 1.165) is 11.3 Å². The quantitative estimate of drug-likeness (QED) is 0.394. The van der Waals surface area contributed by atoms with E-state index in [1.807, 2.05) is 0 Å². The van der Waals surface area contributed by atoms with Gasteiger partial charge in [-0.3, -0.25) is 0 Å². The van der Waals surface area contributed by atoms with Gasteiger partial charge in [0.05, 0.1) is 0 Å².